The monoisotopic (exact) mass is 192 g/mol. The number of nitrogens with zero attached hydrogens (tertiary/aromatic N) is 3. The number of carbonyl (C=O) groups is 1. The third-order valence-corrected chi connectivity index (χ3v) is 1.92. The smallest absolute Gasteiger partial charge is 0.253 e. The second-order valence-corrected chi connectivity index (χ2v) is 2.73. The first-order valence-electron chi connectivity index (χ1n) is 4.00. The van der Waals surface area contributed by atoms with Crippen LogP contribution in [0.3, 0.4) is 0 Å². The minimum absolute atomic E-state index is 0.284. The van der Waals surface area contributed by atoms with Crippen molar-refractivity contribution in [1.82, 2.24) is 20.5 Å². The van der Waals surface area contributed by atoms with E-state index in [0.717, 1.165) is 0 Å². The molecule has 1 heterocycles. The molecule has 0 aliphatic carbocycles. The topological polar surface area (TPSA) is 80.0 Å². The molecule has 0 aliphatic heterocycles. The molecule has 2 rings (SSSR count). The third-order valence-electron chi connectivity index (χ3n) is 1.92. The Labute approximate surface area is 79.1 Å². The lowest BCUT2D eigenvalue weighted by Gasteiger charge is -2.00. The lowest BCUT2D eigenvalue weighted by atomic mass is 10.2. The van der Waals surface area contributed by atoms with E-state index in [2.05, 4.69) is 15.6 Å². The standard InChI is InChI=1S/C8H8N4O2/c1-9-8(13)5-3-2-4-6-7(5)12(14)11-10-6/h2-4,14H,1H3,(H,9,13). The van der Waals surface area contributed by atoms with E-state index in [0.29, 0.717) is 21.4 Å². The van der Waals surface area contributed by atoms with Gasteiger partial charge in [-0.05, 0) is 17.3 Å². The number of carbonyl (C=O) groups excluding carboxylic acids is 1. The zero-order valence-corrected chi connectivity index (χ0v) is 7.43. The van der Waals surface area contributed by atoms with Gasteiger partial charge in [0.2, 0.25) is 0 Å². The summed E-state index contributed by atoms with van der Waals surface area (Å²) in [6, 6.07) is 4.94. The van der Waals surface area contributed by atoms with Crippen molar-refractivity contribution in [1.29, 1.82) is 0 Å². The number of nitrogens with one attached hydrogen (secondary N) is 1. The average molecular weight is 192 g/mol. The highest BCUT2D eigenvalue weighted by atomic mass is 16.5. The van der Waals surface area contributed by atoms with Crippen LogP contribution in [0.5, 0.6) is 0 Å². The van der Waals surface area contributed by atoms with Crippen LogP contribution in [0.4, 0.5) is 0 Å². The van der Waals surface area contributed by atoms with Gasteiger partial charge in [-0.25, -0.2) is 0 Å². The van der Waals surface area contributed by atoms with E-state index in [-0.39, 0.29) is 5.91 Å². The largest absolute Gasteiger partial charge is 0.410 e. The molecule has 0 aliphatic rings. The molecule has 2 N–H and O–H groups in total. The van der Waals surface area contributed by atoms with Gasteiger partial charge < -0.3 is 10.5 Å². The Morgan fingerprint density at radius 1 is 1.57 bits per heavy atom. The summed E-state index contributed by atoms with van der Waals surface area (Å²) >= 11 is 0. The predicted molar refractivity (Wildman–Crippen MR) is 48.1 cm³/mol. The molecule has 0 fully saturated rings. The Morgan fingerprint density at radius 3 is 3.07 bits per heavy atom. The number of fused-ring (bicyclic) bond motifs is 1. The first-order valence-corrected chi connectivity index (χ1v) is 4.00. The Hall–Kier alpha value is -2.11. The van der Waals surface area contributed by atoms with Crippen molar-refractivity contribution >= 4 is 16.9 Å². The summed E-state index contributed by atoms with van der Waals surface area (Å²) in [4.78, 5) is 12.0. The van der Waals surface area contributed by atoms with Gasteiger partial charge >= 0.3 is 0 Å². The van der Waals surface area contributed by atoms with Gasteiger partial charge in [0.25, 0.3) is 5.91 Å². The van der Waals surface area contributed by atoms with E-state index in [1.165, 1.54) is 7.05 Å². The van der Waals surface area contributed by atoms with Gasteiger partial charge in [-0.1, -0.05) is 10.9 Å². The highest BCUT2D eigenvalue weighted by Gasteiger charge is 2.13. The Kier molecular flexibility index (Phi) is 1.81. The van der Waals surface area contributed by atoms with Crippen LogP contribution in [0.15, 0.2) is 18.2 Å². The lowest BCUT2D eigenvalue weighted by Crippen LogP contribution is -2.18. The molecular formula is C8H8N4O2. The van der Waals surface area contributed by atoms with Crippen LogP contribution in [0.1, 0.15) is 10.4 Å². The fourth-order valence-electron chi connectivity index (χ4n) is 1.28. The molecule has 1 amide bonds. The first kappa shape index (κ1) is 8.49. The maximum atomic E-state index is 11.4. The minimum atomic E-state index is -0.284. The first-order chi connectivity index (χ1) is 6.74. The van der Waals surface area contributed by atoms with E-state index in [1.807, 2.05) is 0 Å². The Morgan fingerprint density at radius 2 is 2.36 bits per heavy atom. The predicted octanol–water partition coefficient (Wildman–Crippen LogP) is 0.0282. The molecular weight excluding hydrogens is 184 g/mol. The maximum Gasteiger partial charge on any atom is 0.253 e. The zero-order valence-electron chi connectivity index (χ0n) is 7.43. The van der Waals surface area contributed by atoms with Crippen LogP contribution in [0.2, 0.25) is 0 Å². The summed E-state index contributed by atoms with van der Waals surface area (Å²) in [6.45, 7) is 0. The van der Waals surface area contributed by atoms with E-state index in [4.69, 9.17) is 0 Å². The summed E-state index contributed by atoms with van der Waals surface area (Å²) in [6.07, 6.45) is 0. The number of amides is 1. The molecule has 0 spiro atoms. The molecule has 2 aromatic rings. The summed E-state index contributed by atoms with van der Waals surface area (Å²) in [5.41, 5.74) is 1.14. The maximum absolute atomic E-state index is 11.4. The molecule has 0 saturated heterocycles. The number of benzene rings is 1. The van der Waals surface area contributed by atoms with Gasteiger partial charge in [0.15, 0.2) is 0 Å². The van der Waals surface area contributed by atoms with Gasteiger partial charge in [-0.15, -0.1) is 5.10 Å². The Bertz CT molecular complexity index is 491. The number of aromatic nitrogens is 3. The SMILES string of the molecule is CNC(=O)c1cccc2nnn(O)c12. The van der Waals surface area contributed by atoms with E-state index >= 15 is 0 Å². The summed E-state index contributed by atoms with van der Waals surface area (Å²) in [5.74, 6) is -0.284. The van der Waals surface area contributed by atoms with Crippen molar-refractivity contribution in [3.05, 3.63) is 23.8 Å². The van der Waals surface area contributed by atoms with Crippen molar-refractivity contribution in [2.75, 3.05) is 7.05 Å². The van der Waals surface area contributed by atoms with Gasteiger partial charge in [-0.2, -0.15) is 0 Å². The van der Waals surface area contributed by atoms with Crippen molar-refractivity contribution in [3.63, 3.8) is 0 Å². The van der Waals surface area contributed by atoms with Crippen LogP contribution in [0, 0.1) is 0 Å². The normalized spacial score (nSPS) is 10.4. The lowest BCUT2D eigenvalue weighted by molar-refractivity contribution is 0.0960. The molecule has 0 bridgehead atoms. The molecule has 0 saturated carbocycles. The molecule has 6 heteroatoms. The number of hydrogen-bond acceptors (Lipinski definition) is 4. The van der Waals surface area contributed by atoms with Crippen LogP contribution in [-0.2, 0) is 0 Å². The quantitative estimate of drug-likeness (QED) is 0.624. The average Bonchev–Trinajstić information content (AvgIpc) is 2.59. The van der Waals surface area contributed by atoms with Crippen molar-refractivity contribution in [2.24, 2.45) is 0 Å². The van der Waals surface area contributed by atoms with E-state index < -0.39 is 0 Å². The van der Waals surface area contributed by atoms with Gasteiger partial charge in [0, 0.05) is 7.05 Å². The molecule has 72 valence electrons. The highest BCUT2D eigenvalue weighted by molar-refractivity contribution is 6.04. The molecule has 0 unspecified atom stereocenters. The second-order valence-electron chi connectivity index (χ2n) is 2.73. The molecule has 1 aromatic heterocycles. The Balaban J connectivity index is 2.75. The molecule has 1 aromatic carbocycles. The van der Waals surface area contributed by atoms with E-state index in [1.54, 1.807) is 18.2 Å². The van der Waals surface area contributed by atoms with Gasteiger partial charge in [0.05, 0.1) is 5.56 Å². The molecule has 6 nitrogen and oxygen atoms in total. The fourth-order valence-corrected chi connectivity index (χ4v) is 1.28. The minimum Gasteiger partial charge on any atom is -0.410 e. The van der Waals surface area contributed by atoms with Gasteiger partial charge in [-0.3, -0.25) is 4.79 Å². The number of rotatable bonds is 1. The summed E-state index contributed by atoms with van der Waals surface area (Å²) < 4.78 is 0. The zero-order chi connectivity index (χ0) is 10.1. The number of hydrogen-bond donors (Lipinski definition) is 2. The molecule has 0 atom stereocenters. The van der Waals surface area contributed by atoms with Crippen molar-refractivity contribution in [2.45, 2.75) is 0 Å². The van der Waals surface area contributed by atoms with Crippen LogP contribution < -0.4 is 5.32 Å². The van der Waals surface area contributed by atoms with Crippen LogP contribution >= 0.6 is 0 Å². The second kappa shape index (κ2) is 2.99. The molecule has 0 radical (unpaired) electrons. The third kappa shape index (κ3) is 1.08. The fraction of sp³-hybridized carbons (Fsp3) is 0.125. The molecule has 14 heavy (non-hydrogen) atoms. The van der Waals surface area contributed by atoms with Crippen LogP contribution in [0.25, 0.3) is 11.0 Å². The highest BCUT2D eigenvalue weighted by Crippen LogP contribution is 2.14. The summed E-state index contributed by atoms with van der Waals surface area (Å²) in [7, 11) is 1.52. The van der Waals surface area contributed by atoms with E-state index in [9.17, 15) is 10.0 Å². The summed E-state index contributed by atoms with van der Waals surface area (Å²) in [5, 5.41) is 18.9. The van der Waals surface area contributed by atoms with Crippen molar-refractivity contribution in [3.8, 4) is 0 Å². The van der Waals surface area contributed by atoms with Crippen molar-refractivity contribution < 1.29 is 10.0 Å². The van der Waals surface area contributed by atoms with Gasteiger partial charge in [0.1, 0.15) is 11.0 Å². The van der Waals surface area contributed by atoms with Crippen LogP contribution in [-0.4, -0.2) is 33.3 Å². The number of para-hydroxylation sites is 1.